The molecule has 2 aromatic carbocycles. The van der Waals surface area contributed by atoms with Gasteiger partial charge in [0, 0.05) is 24.2 Å². The topological polar surface area (TPSA) is 84.6 Å². The van der Waals surface area contributed by atoms with Gasteiger partial charge in [0.1, 0.15) is 5.75 Å². The van der Waals surface area contributed by atoms with E-state index in [1.165, 1.54) is 12.1 Å². The van der Waals surface area contributed by atoms with Crippen LogP contribution in [0, 0.1) is 11.3 Å². The van der Waals surface area contributed by atoms with Crippen LogP contribution >= 0.6 is 0 Å². The molecule has 0 saturated heterocycles. The third-order valence-corrected chi connectivity index (χ3v) is 4.17. The molecule has 2 N–H and O–H groups in total. The van der Waals surface area contributed by atoms with Crippen LogP contribution < -0.4 is 0 Å². The van der Waals surface area contributed by atoms with Crippen molar-refractivity contribution in [1.29, 1.82) is 5.26 Å². The Hall–Kier alpha value is -2.84. The molecule has 3 rings (SSSR count). The van der Waals surface area contributed by atoms with E-state index in [1.807, 2.05) is 12.1 Å². The largest absolute Gasteiger partial charge is 0.508 e. The van der Waals surface area contributed by atoms with E-state index in [9.17, 15) is 15.0 Å². The lowest BCUT2D eigenvalue weighted by molar-refractivity contribution is 0.0734. The molecular weight excluding hydrogens is 292 g/mol. The molecule has 1 amide bonds. The summed E-state index contributed by atoms with van der Waals surface area (Å²) >= 11 is 0. The fourth-order valence-corrected chi connectivity index (χ4v) is 2.92. The minimum absolute atomic E-state index is 0.0216. The summed E-state index contributed by atoms with van der Waals surface area (Å²) in [7, 11) is 0. The second-order valence-corrected chi connectivity index (χ2v) is 5.53. The number of aliphatic hydroxyl groups is 1. The Morgan fingerprint density at radius 3 is 2.87 bits per heavy atom. The van der Waals surface area contributed by atoms with Crippen molar-refractivity contribution in [2.24, 2.45) is 0 Å². The van der Waals surface area contributed by atoms with Crippen molar-refractivity contribution in [2.75, 3.05) is 6.54 Å². The standard InChI is InChI=1S/C18H16N2O3/c19-9-13-2-1-3-14-10-20(7-6-16(13)14)18(23)12-4-5-17(22)15(8-12)11-21/h1-5,8,21-22H,6-7,10-11H2. The Balaban J connectivity index is 1.86. The SMILES string of the molecule is N#Cc1cccc2c1CCN(C(=O)c1ccc(O)c(CO)c1)C2. The van der Waals surface area contributed by atoms with Crippen molar-refractivity contribution < 1.29 is 15.0 Å². The maximum absolute atomic E-state index is 12.6. The number of aromatic hydroxyl groups is 1. The lowest BCUT2D eigenvalue weighted by Gasteiger charge is -2.29. The Labute approximate surface area is 134 Å². The van der Waals surface area contributed by atoms with Gasteiger partial charge in [-0.15, -0.1) is 0 Å². The highest BCUT2D eigenvalue weighted by molar-refractivity contribution is 5.94. The number of hydrogen-bond donors (Lipinski definition) is 2. The van der Waals surface area contributed by atoms with Gasteiger partial charge in [0.25, 0.3) is 5.91 Å². The maximum atomic E-state index is 12.6. The van der Waals surface area contributed by atoms with E-state index in [0.29, 0.717) is 36.2 Å². The Kier molecular flexibility index (Phi) is 4.00. The number of fused-ring (bicyclic) bond motifs is 1. The van der Waals surface area contributed by atoms with Crippen LogP contribution in [0.1, 0.15) is 32.6 Å². The number of hydrogen-bond acceptors (Lipinski definition) is 4. The highest BCUT2D eigenvalue weighted by atomic mass is 16.3. The average molecular weight is 308 g/mol. The molecule has 1 heterocycles. The molecule has 1 aliphatic rings. The lowest BCUT2D eigenvalue weighted by atomic mass is 9.94. The summed E-state index contributed by atoms with van der Waals surface area (Å²) in [4.78, 5) is 14.4. The molecule has 5 nitrogen and oxygen atoms in total. The summed E-state index contributed by atoms with van der Waals surface area (Å²) in [6.45, 7) is 0.681. The van der Waals surface area contributed by atoms with E-state index in [1.54, 1.807) is 17.0 Å². The minimum Gasteiger partial charge on any atom is -0.508 e. The maximum Gasteiger partial charge on any atom is 0.254 e. The first-order chi connectivity index (χ1) is 11.1. The van der Waals surface area contributed by atoms with E-state index in [4.69, 9.17) is 5.26 Å². The van der Waals surface area contributed by atoms with Crippen molar-refractivity contribution in [1.82, 2.24) is 4.90 Å². The molecule has 0 atom stereocenters. The van der Waals surface area contributed by atoms with Crippen LogP contribution in [0.5, 0.6) is 5.75 Å². The van der Waals surface area contributed by atoms with Gasteiger partial charge in [0.05, 0.1) is 18.2 Å². The smallest absolute Gasteiger partial charge is 0.254 e. The molecule has 116 valence electrons. The second kappa shape index (κ2) is 6.11. The highest BCUT2D eigenvalue weighted by Gasteiger charge is 2.23. The van der Waals surface area contributed by atoms with E-state index >= 15 is 0 Å². The molecule has 23 heavy (non-hydrogen) atoms. The first-order valence-electron chi connectivity index (χ1n) is 7.37. The molecule has 0 aliphatic carbocycles. The van der Waals surface area contributed by atoms with Crippen LogP contribution in [-0.2, 0) is 19.6 Å². The monoisotopic (exact) mass is 308 g/mol. The summed E-state index contributed by atoms with van der Waals surface area (Å²) in [6.07, 6.45) is 0.649. The number of carbonyl (C=O) groups excluding carboxylic acids is 1. The summed E-state index contributed by atoms with van der Waals surface area (Å²) < 4.78 is 0. The molecule has 0 bridgehead atoms. The fraction of sp³-hybridized carbons (Fsp3) is 0.222. The third kappa shape index (κ3) is 2.77. The van der Waals surface area contributed by atoms with Gasteiger partial charge in [-0.1, -0.05) is 12.1 Å². The number of amides is 1. The molecular formula is C18H16N2O3. The summed E-state index contributed by atoms with van der Waals surface area (Å²) in [5.41, 5.74) is 3.44. The molecule has 0 spiro atoms. The molecule has 5 heteroatoms. The normalized spacial score (nSPS) is 13.3. The zero-order valence-electron chi connectivity index (χ0n) is 12.5. The van der Waals surface area contributed by atoms with Gasteiger partial charge in [-0.2, -0.15) is 5.26 Å². The molecule has 0 aromatic heterocycles. The van der Waals surface area contributed by atoms with Gasteiger partial charge in [-0.3, -0.25) is 4.79 Å². The van der Waals surface area contributed by atoms with Crippen molar-refractivity contribution in [3.63, 3.8) is 0 Å². The number of nitriles is 1. The van der Waals surface area contributed by atoms with Gasteiger partial charge >= 0.3 is 0 Å². The van der Waals surface area contributed by atoms with Crippen LogP contribution in [0.2, 0.25) is 0 Å². The summed E-state index contributed by atoms with van der Waals surface area (Å²) in [5, 5.41) is 28.0. The van der Waals surface area contributed by atoms with Gasteiger partial charge in [0.15, 0.2) is 0 Å². The van der Waals surface area contributed by atoms with E-state index < -0.39 is 0 Å². The fourth-order valence-electron chi connectivity index (χ4n) is 2.92. The van der Waals surface area contributed by atoms with Crippen LogP contribution in [0.3, 0.4) is 0 Å². The number of nitrogens with zero attached hydrogens (tertiary/aromatic N) is 2. The third-order valence-electron chi connectivity index (χ3n) is 4.17. The average Bonchev–Trinajstić information content (AvgIpc) is 2.60. The zero-order valence-corrected chi connectivity index (χ0v) is 12.5. The van der Waals surface area contributed by atoms with Gasteiger partial charge in [-0.25, -0.2) is 0 Å². The first kappa shape index (κ1) is 15.1. The zero-order chi connectivity index (χ0) is 16.4. The summed E-state index contributed by atoms with van der Waals surface area (Å²) in [6, 6.07) is 12.2. The minimum atomic E-state index is -0.318. The van der Waals surface area contributed by atoms with Crippen molar-refractivity contribution in [3.05, 3.63) is 64.2 Å². The van der Waals surface area contributed by atoms with Crippen LogP contribution in [0.4, 0.5) is 0 Å². The van der Waals surface area contributed by atoms with Crippen LogP contribution in [0.25, 0.3) is 0 Å². The number of benzene rings is 2. The van der Waals surface area contributed by atoms with E-state index in [0.717, 1.165) is 11.1 Å². The number of aliphatic hydroxyl groups excluding tert-OH is 1. The predicted octanol–water partition coefficient (Wildman–Crippen LogP) is 1.95. The Bertz CT molecular complexity index is 808. The van der Waals surface area contributed by atoms with Gasteiger partial charge in [-0.05, 0) is 41.8 Å². The van der Waals surface area contributed by atoms with Crippen molar-refractivity contribution in [3.8, 4) is 11.8 Å². The number of phenols is 1. The molecule has 0 unspecified atom stereocenters. The van der Waals surface area contributed by atoms with Crippen LogP contribution in [0.15, 0.2) is 36.4 Å². The van der Waals surface area contributed by atoms with Gasteiger partial charge < -0.3 is 15.1 Å². The van der Waals surface area contributed by atoms with E-state index in [2.05, 4.69) is 6.07 Å². The highest BCUT2D eigenvalue weighted by Crippen LogP contribution is 2.25. The molecule has 1 aliphatic heterocycles. The lowest BCUT2D eigenvalue weighted by Crippen LogP contribution is -2.36. The predicted molar refractivity (Wildman–Crippen MR) is 83.6 cm³/mol. The Morgan fingerprint density at radius 2 is 2.13 bits per heavy atom. The first-order valence-corrected chi connectivity index (χ1v) is 7.37. The van der Waals surface area contributed by atoms with Crippen LogP contribution in [-0.4, -0.2) is 27.6 Å². The second-order valence-electron chi connectivity index (χ2n) is 5.53. The van der Waals surface area contributed by atoms with Crippen molar-refractivity contribution >= 4 is 5.91 Å². The van der Waals surface area contributed by atoms with Crippen molar-refractivity contribution in [2.45, 2.75) is 19.6 Å². The summed E-state index contributed by atoms with van der Waals surface area (Å²) in [5.74, 6) is -0.167. The molecule has 0 fully saturated rings. The van der Waals surface area contributed by atoms with Gasteiger partial charge in [0.2, 0.25) is 0 Å². The molecule has 2 aromatic rings. The molecule has 0 saturated carbocycles. The Morgan fingerprint density at radius 1 is 1.30 bits per heavy atom. The number of carbonyl (C=O) groups is 1. The molecule has 0 radical (unpaired) electrons. The quantitative estimate of drug-likeness (QED) is 0.888. The van der Waals surface area contributed by atoms with E-state index in [-0.39, 0.29) is 18.3 Å². The number of rotatable bonds is 2.